The van der Waals surface area contributed by atoms with Crippen LogP contribution in [-0.2, 0) is 19.3 Å². The molecule has 2 aromatic heterocycles. The molecule has 0 saturated heterocycles. The Kier molecular flexibility index (Phi) is 5.39. The maximum Gasteiger partial charge on any atom is 0.218 e. The third-order valence-corrected chi connectivity index (χ3v) is 4.52. The van der Waals surface area contributed by atoms with Gasteiger partial charge in [0.15, 0.2) is 6.39 Å². The van der Waals surface area contributed by atoms with Gasteiger partial charge in [0.05, 0.1) is 11.9 Å². The number of rotatable bonds is 7. The Labute approximate surface area is 158 Å². The molecule has 0 amide bonds. The van der Waals surface area contributed by atoms with E-state index >= 15 is 0 Å². The molecule has 1 aromatic carbocycles. The van der Waals surface area contributed by atoms with Crippen molar-refractivity contribution in [2.24, 2.45) is 0 Å². The Balaban J connectivity index is 1.48. The lowest BCUT2D eigenvalue weighted by atomic mass is 10.1. The molecule has 1 aliphatic rings. The van der Waals surface area contributed by atoms with Crippen molar-refractivity contribution in [2.45, 2.75) is 32.1 Å². The highest BCUT2D eigenvalue weighted by atomic mass is 16.4. The monoisotopic (exact) mass is 358 g/mol. The summed E-state index contributed by atoms with van der Waals surface area (Å²) in [4.78, 5) is 13.5. The number of nitrogens with zero attached hydrogens (tertiary/aromatic N) is 3. The number of hydrogen-bond donors (Lipinski definition) is 1. The summed E-state index contributed by atoms with van der Waals surface area (Å²) in [6, 6.07) is 10.6. The van der Waals surface area contributed by atoms with Crippen LogP contribution >= 0.6 is 0 Å². The number of fused-ring (bicyclic) bond motifs is 1. The Morgan fingerprint density at radius 1 is 1.00 bits per heavy atom. The number of unbranched alkanes of at least 4 members (excludes halogenated alkanes) is 1. The van der Waals surface area contributed by atoms with Gasteiger partial charge >= 0.3 is 0 Å². The molecule has 0 fully saturated rings. The highest BCUT2D eigenvalue weighted by Crippen LogP contribution is 2.25. The third-order valence-electron chi connectivity index (χ3n) is 4.52. The summed E-state index contributed by atoms with van der Waals surface area (Å²) in [5.41, 5.74) is 3.42. The zero-order valence-electron chi connectivity index (χ0n) is 15.1. The van der Waals surface area contributed by atoms with E-state index in [4.69, 9.17) is 14.4 Å². The molecule has 1 aliphatic carbocycles. The first kappa shape index (κ1) is 17.2. The fraction of sp³-hybridized carbons (Fsp3) is 0.227. The maximum atomic E-state index is 5.32. The van der Waals surface area contributed by atoms with Crippen molar-refractivity contribution in [3.05, 3.63) is 83.8 Å². The first-order chi connectivity index (χ1) is 13.4. The fourth-order valence-electron chi connectivity index (χ4n) is 3.17. The lowest BCUT2D eigenvalue weighted by Crippen LogP contribution is -2.07. The van der Waals surface area contributed by atoms with Crippen molar-refractivity contribution < 1.29 is 4.42 Å². The second-order valence-corrected chi connectivity index (χ2v) is 6.52. The molecule has 136 valence electrons. The zero-order valence-corrected chi connectivity index (χ0v) is 15.1. The molecule has 2 heterocycles. The molecule has 0 spiro atoms. The highest BCUT2D eigenvalue weighted by molar-refractivity contribution is 5.70. The van der Waals surface area contributed by atoms with Gasteiger partial charge in [0.2, 0.25) is 5.88 Å². The van der Waals surface area contributed by atoms with E-state index in [0.717, 1.165) is 55.0 Å². The Morgan fingerprint density at radius 2 is 1.89 bits per heavy atom. The number of aromatic nitrogens is 3. The Morgan fingerprint density at radius 3 is 2.74 bits per heavy atom. The number of benzene rings is 1. The number of oxazole rings is 1. The van der Waals surface area contributed by atoms with Gasteiger partial charge in [0.25, 0.3) is 0 Å². The van der Waals surface area contributed by atoms with E-state index in [0.29, 0.717) is 5.88 Å². The molecule has 0 radical (unpaired) electrons. The number of anilines is 2. The van der Waals surface area contributed by atoms with Gasteiger partial charge in [-0.15, -0.1) is 0 Å². The van der Waals surface area contributed by atoms with Crippen LogP contribution in [-0.4, -0.2) is 15.0 Å². The summed E-state index contributed by atoms with van der Waals surface area (Å²) in [5, 5.41) is 3.24. The minimum atomic E-state index is 0.580. The van der Waals surface area contributed by atoms with E-state index in [2.05, 4.69) is 46.7 Å². The van der Waals surface area contributed by atoms with Crippen LogP contribution in [0.3, 0.4) is 0 Å². The molecule has 5 heteroatoms. The zero-order chi connectivity index (χ0) is 18.3. The van der Waals surface area contributed by atoms with Crippen molar-refractivity contribution in [1.82, 2.24) is 15.0 Å². The summed E-state index contributed by atoms with van der Waals surface area (Å²) >= 11 is 0. The van der Waals surface area contributed by atoms with E-state index in [1.807, 2.05) is 18.2 Å². The van der Waals surface area contributed by atoms with Crippen molar-refractivity contribution >= 4 is 17.8 Å². The van der Waals surface area contributed by atoms with Crippen LogP contribution in [0.4, 0.5) is 11.7 Å². The van der Waals surface area contributed by atoms with Crippen LogP contribution in [0.1, 0.15) is 35.5 Å². The van der Waals surface area contributed by atoms with Gasteiger partial charge in [-0.25, -0.2) is 15.0 Å². The standard InChI is InChI=1S/C22H22N4O/c1-3-9-17(10-4-1)11-7-8-14-20-24-19-13-6-2-5-12-18(19)22(25-20)26-21-15-23-16-27-21/h1-6,9-10,12,15-16H,7-8,11,13-14H2,(H,24,25,26). The predicted molar refractivity (Wildman–Crippen MR) is 107 cm³/mol. The molecular formula is C22H22N4O. The normalized spacial score (nSPS) is 12.6. The van der Waals surface area contributed by atoms with Crippen molar-refractivity contribution in [2.75, 3.05) is 5.32 Å². The molecule has 0 aliphatic heterocycles. The van der Waals surface area contributed by atoms with Gasteiger partial charge in [0, 0.05) is 18.4 Å². The SMILES string of the molecule is C1=CCc2nc(CCCCc3ccccc3)nc(Nc3cnco3)c2C=C1. The van der Waals surface area contributed by atoms with Gasteiger partial charge in [-0.1, -0.05) is 48.6 Å². The first-order valence-electron chi connectivity index (χ1n) is 9.31. The fourth-order valence-corrected chi connectivity index (χ4v) is 3.17. The van der Waals surface area contributed by atoms with E-state index in [1.165, 1.54) is 12.0 Å². The summed E-state index contributed by atoms with van der Waals surface area (Å²) in [5.74, 6) is 2.22. The third kappa shape index (κ3) is 4.50. The van der Waals surface area contributed by atoms with Crippen molar-refractivity contribution in [3.63, 3.8) is 0 Å². The maximum absolute atomic E-state index is 5.32. The van der Waals surface area contributed by atoms with Crippen molar-refractivity contribution in [3.8, 4) is 0 Å². The van der Waals surface area contributed by atoms with E-state index < -0.39 is 0 Å². The summed E-state index contributed by atoms with van der Waals surface area (Å²) in [7, 11) is 0. The number of aryl methyl sites for hydroxylation is 2. The van der Waals surface area contributed by atoms with E-state index in [9.17, 15) is 0 Å². The smallest absolute Gasteiger partial charge is 0.218 e. The second-order valence-electron chi connectivity index (χ2n) is 6.52. The van der Waals surface area contributed by atoms with Crippen LogP contribution in [0, 0.1) is 0 Å². The first-order valence-corrected chi connectivity index (χ1v) is 9.31. The lowest BCUT2D eigenvalue weighted by molar-refractivity contribution is 0.574. The summed E-state index contributed by atoms with van der Waals surface area (Å²) < 4.78 is 5.32. The molecular weight excluding hydrogens is 336 g/mol. The molecule has 1 N–H and O–H groups in total. The van der Waals surface area contributed by atoms with Crippen LogP contribution in [0.25, 0.3) is 6.08 Å². The van der Waals surface area contributed by atoms with Crippen LogP contribution < -0.4 is 5.32 Å². The second kappa shape index (κ2) is 8.45. The number of allylic oxidation sites excluding steroid dienone is 3. The van der Waals surface area contributed by atoms with E-state index in [-0.39, 0.29) is 0 Å². The van der Waals surface area contributed by atoms with Gasteiger partial charge in [-0.3, -0.25) is 0 Å². The van der Waals surface area contributed by atoms with Crippen LogP contribution in [0.2, 0.25) is 0 Å². The Hall–Kier alpha value is -3.21. The van der Waals surface area contributed by atoms with Gasteiger partial charge < -0.3 is 9.73 Å². The predicted octanol–water partition coefficient (Wildman–Crippen LogP) is 4.90. The average Bonchev–Trinajstić information content (AvgIpc) is 3.09. The average molecular weight is 358 g/mol. The molecule has 3 aromatic rings. The molecule has 27 heavy (non-hydrogen) atoms. The summed E-state index contributed by atoms with van der Waals surface area (Å²) in [6.07, 6.45) is 16.2. The number of nitrogens with one attached hydrogen (secondary N) is 1. The van der Waals surface area contributed by atoms with Gasteiger partial charge in [-0.2, -0.15) is 0 Å². The topological polar surface area (TPSA) is 63.8 Å². The summed E-state index contributed by atoms with van der Waals surface area (Å²) in [6.45, 7) is 0. The van der Waals surface area contributed by atoms with Gasteiger partial charge in [0.1, 0.15) is 11.6 Å². The highest BCUT2D eigenvalue weighted by Gasteiger charge is 2.14. The molecule has 0 bridgehead atoms. The van der Waals surface area contributed by atoms with Crippen molar-refractivity contribution in [1.29, 1.82) is 0 Å². The molecule has 5 nitrogen and oxygen atoms in total. The van der Waals surface area contributed by atoms with E-state index in [1.54, 1.807) is 6.20 Å². The largest absolute Gasteiger partial charge is 0.428 e. The van der Waals surface area contributed by atoms with Crippen LogP contribution in [0.15, 0.2) is 65.6 Å². The molecule has 0 saturated carbocycles. The van der Waals surface area contributed by atoms with Gasteiger partial charge in [-0.05, 0) is 30.9 Å². The minimum Gasteiger partial charge on any atom is -0.428 e. The quantitative estimate of drug-likeness (QED) is 0.609. The minimum absolute atomic E-state index is 0.580. The molecule has 4 rings (SSSR count). The molecule has 0 atom stereocenters. The Bertz CT molecular complexity index is 930. The number of hydrogen-bond acceptors (Lipinski definition) is 5. The van der Waals surface area contributed by atoms with Crippen LogP contribution in [0.5, 0.6) is 0 Å². The molecule has 0 unspecified atom stereocenters. The lowest BCUT2D eigenvalue weighted by Gasteiger charge is -2.12.